The van der Waals surface area contributed by atoms with Gasteiger partial charge >= 0.3 is 0 Å². The maximum Gasteiger partial charge on any atom is 0.237 e. The van der Waals surface area contributed by atoms with Gasteiger partial charge < -0.3 is 10.4 Å². The molecule has 0 bridgehead atoms. The number of hydrogen-bond donors (Lipinski definition) is 2. The van der Waals surface area contributed by atoms with Gasteiger partial charge in [0.1, 0.15) is 0 Å². The molecule has 4 nitrogen and oxygen atoms in total. The zero-order chi connectivity index (χ0) is 14.5. The second kappa shape index (κ2) is 7.41. The Bertz CT molecular complexity index is 322. The molecule has 2 fully saturated rings. The van der Waals surface area contributed by atoms with Crippen LogP contribution in [0.25, 0.3) is 0 Å². The van der Waals surface area contributed by atoms with Crippen molar-refractivity contribution in [1.29, 1.82) is 0 Å². The molecular weight excluding hydrogens is 252 g/mol. The van der Waals surface area contributed by atoms with E-state index >= 15 is 0 Å². The molecule has 4 heteroatoms. The van der Waals surface area contributed by atoms with Gasteiger partial charge in [-0.3, -0.25) is 9.69 Å². The number of likely N-dealkylation sites (tertiary alicyclic amines) is 1. The number of carbonyl (C=O) groups is 1. The summed E-state index contributed by atoms with van der Waals surface area (Å²) in [5, 5.41) is 12.6. The summed E-state index contributed by atoms with van der Waals surface area (Å²) in [6, 6.07) is 0.288. The molecule has 1 saturated heterocycles. The van der Waals surface area contributed by atoms with Gasteiger partial charge in [0.05, 0.1) is 6.04 Å². The third kappa shape index (κ3) is 3.95. The van der Waals surface area contributed by atoms with Crippen molar-refractivity contribution >= 4 is 5.91 Å². The summed E-state index contributed by atoms with van der Waals surface area (Å²) in [5.41, 5.74) is 0. The van der Waals surface area contributed by atoms with Crippen LogP contribution in [0.2, 0.25) is 0 Å². The van der Waals surface area contributed by atoms with E-state index in [9.17, 15) is 9.90 Å². The topological polar surface area (TPSA) is 52.6 Å². The molecule has 1 aliphatic carbocycles. The first kappa shape index (κ1) is 15.8. The highest BCUT2D eigenvalue weighted by Crippen LogP contribution is 2.24. The Morgan fingerprint density at radius 3 is 2.75 bits per heavy atom. The predicted molar refractivity (Wildman–Crippen MR) is 80.4 cm³/mol. The fraction of sp³-hybridized carbons (Fsp3) is 0.938. The molecule has 0 aromatic rings. The maximum atomic E-state index is 12.4. The molecule has 1 heterocycles. The van der Waals surface area contributed by atoms with Gasteiger partial charge in [-0.15, -0.1) is 0 Å². The van der Waals surface area contributed by atoms with Crippen LogP contribution in [0.15, 0.2) is 0 Å². The zero-order valence-electron chi connectivity index (χ0n) is 13.0. The second-order valence-electron chi connectivity index (χ2n) is 6.74. The fourth-order valence-electron chi connectivity index (χ4n) is 3.60. The van der Waals surface area contributed by atoms with Crippen LogP contribution in [0.5, 0.6) is 0 Å². The van der Waals surface area contributed by atoms with Crippen LogP contribution in [0.4, 0.5) is 0 Å². The summed E-state index contributed by atoms with van der Waals surface area (Å²) in [7, 11) is 0. The molecule has 1 saturated carbocycles. The van der Waals surface area contributed by atoms with Gasteiger partial charge in [0, 0.05) is 19.2 Å². The number of piperidine rings is 1. The number of aliphatic hydroxyl groups is 1. The lowest BCUT2D eigenvalue weighted by Gasteiger charge is -2.37. The van der Waals surface area contributed by atoms with E-state index in [2.05, 4.69) is 17.1 Å². The van der Waals surface area contributed by atoms with E-state index in [1.165, 1.54) is 19.3 Å². The highest BCUT2D eigenvalue weighted by Gasteiger charge is 2.29. The van der Waals surface area contributed by atoms with Gasteiger partial charge in [-0.25, -0.2) is 0 Å². The van der Waals surface area contributed by atoms with Gasteiger partial charge in [0.25, 0.3) is 0 Å². The quantitative estimate of drug-likeness (QED) is 0.826. The minimum atomic E-state index is -0.0709. The first-order valence-corrected chi connectivity index (χ1v) is 8.27. The molecule has 4 unspecified atom stereocenters. The predicted octanol–water partition coefficient (Wildman–Crippen LogP) is 1.77. The van der Waals surface area contributed by atoms with Crippen molar-refractivity contribution in [2.45, 2.75) is 64.5 Å². The largest absolute Gasteiger partial charge is 0.396 e. The summed E-state index contributed by atoms with van der Waals surface area (Å²) in [5.74, 6) is 1.11. The van der Waals surface area contributed by atoms with Crippen molar-refractivity contribution in [3.8, 4) is 0 Å². The fourth-order valence-corrected chi connectivity index (χ4v) is 3.60. The number of carbonyl (C=O) groups excluding carboxylic acids is 1. The molecule has 2 aliphatic rings. The van der Waals surface area contributed by atoms with Crippen LogP contribution in [0.3, 0.4) is 0 Å². The van der Waals surface area contributed by atoms with Crippen molar-refractivity contribution in [2.24, 2.45) is 11.8 Å². The highest BCUT2D eigenvalue weighted by atomic mass is 16.3. The Hall–Kier alpha value is -0.610. The van der Waals surface area contributed by atoms with Crippen LogP contribution in [0.1, 0.15) is 52.4 Å². The molecule has 0 spiro atoms. The smallest absolute Gasteiger partial charge is 0.237 e. The molecule has 4 atom stereocenters. The Kier molecular flexibility index (Phi) is 5.85. The Morgan fingerprint density at radius 1 is 1.30 bits per heavy atom. The van der Waals surface area contributed by atoms with Crippen molar-refractivity contribution in [1.82, 2.24) is 10.2 Å². The lowest BCUT2D eigenvalue weighted by Crippen LogP contribution is -2.52. The van der Waals surface area contributed by atoms with E-state index in [-0.39, 0.29) is 18.6 Å². The lowest BCUT2D eigenvalue weighted by atomic mass is 9.86. The van der Waals surface area contributed by atoms with E-state index in [0.29, 0.717) is 17.9 Å². The third-order valence-electron chi connectivity index (χ3n) is 5.17. The molecule has 116 valence electrons. The van der Waals surface area contributed by atoms with Crippen molar-refractivity contribution in [2.75, 3.05) is 19.7 Å². The molecule has 2 N–H and O–H groups in total. The molecule has 0 aromatic heterocycles. The van der Waals surface area contributed by atoms with E-state index < -0.39 is 0 Å². The lowest BCUT2D eigenvalue weighted by molar-refractivity contribution is -0.128. The SMILES string of the molecule is CC1CCCCC1NC(=O)C(C)N1CCCC(CO)C1. The van der Waals surface area contributed by atoms with Crippen molar-refractivity contribution in [3.05, 3.63) is 0 Å². The minimum Gasteiger partial charge on any atom is -0.396 e. The second-order valence-corrected chi connectivity index (χ2v) is 6.74. The molecule has 20 heavy (non-hydrogen) atoms. The Labute approximate surface area is 122 Å². The number of nitrogens with one attached hydrogen (secondary N) is 1. The maximum absolute atomic E-state index is 12.4. The average molecular weight is 282 g/mol. The summed E-state index contributed by atoms with van der Waals surface area (Å²) < 4.78 is 0. The van der Waals surface area contributed by atoms with E-state index in [0.717, 1.165) is 32.4 Å². The molecule has 1 aliphatic heterocycles. The Balaban J connectivity index is 1.84. The van der Waals surface area contributed by atoms with Crippen LogP contribution in [0, 0.1) is 11.8 Å². The summed E-state index contributed by atoms with van der Waals surface area (Å²) in [6.07, 6.45) is 7.06. The first-order chi connectivity index (χ1) is 9.61. The molecular formula is C16H30N2O2. The molecule has 0 radical (unpaired) electrons. The minimum absolute atomic E-state index is 0.0709. The van der Waals surface area contributed by atoms with E-state index in [4.69, 9.17) is 0 Å². The van der Waals surface area contributed by atoms with Gasteiger partial charge in [0.15, 0.2) is 0 Å². The zero-order valence-corrected chi connectivity index (χ0v) is 13.0. The average Bonchev–Trinajstić information content (AvgIpc) is 2.48. The Morgan fingerprint density at radius 2 is 2.05 bits per heavy atom. The standard InChI is InChI=1S/C16H30N2O2/c1-12-6-3-4-8-15(12)17-16(20)13(2)18-9-5-7-14(10-18)11-19/h12-15,19H,3-11H2,1-2H3,(H,17,20). The monoisotopic (exact) mass is 282 g/mol. The normalized spacial score (nSPS) is 33.6. The van der Waals surface area contributed by atoms with Crippen molar-refractivity contribution < 1.29 is 9.90 Å². The van der Waals surface area contributed by atoms with Crippen LogP contribution in [-0.2, 0) is 4.79 Å². The van der Waals surface area contributed by atoms with Crippen molar-refractivity contribution in [3.63, 3.8) is 0 Å². The summed E-state index contributed by atoms with van der Waals surface area (Å²) >= 11 is 0. The van der Waals surface area contributed by atoms with Crippen LogP contribution >= 0.6 is 0 Å². The molecule has 0 aromatic carbocycles. The number of hydrogen-bond acceptors (Lipinski definition) is 3. The summed E-state index contributed by atoms with van der Waals surface area (Å²) in [4.78, 5) is 14.7. The molecule has 1 amide bonds. The first-order valence-electron chi connectivity index (χ1n) is 8.27. The van der Waals surface area contributed by atoms with Crippen LogP contribution in [-0.4, -0.2) is 47.7 Å². The summed E-state index contributed by atoms with van der Waals surface area (Å²) in [6.45, 7) is 6.32. The van der Waals surface area contributed by atoms with Gasteiger partial charge in [-0.2, -0.15) is 0 Å². The van der Waals surface area contributed by atoms with Gasteiger partial charge in [-0.1, -0.05) is 19.8 Å². The number of nitrogens with zero attached hydrogens (tertiary/aromatic N) is 1. The van der Waals surface area contributed by atoms with E-state index in [1.54, 1.807) is 0 Å². The molecule has 2 rings (SSSR count). The van der Waals surface area contributed by atoms with E-state index in [1.807, 2.05) is 6.92 Å². The van der Waals surface area contributed by atoms with Gasteiger partial charge in [-0.05, 0) is 51.0 Å². The third-order valence-corrected chi connectivity index (χ3v) is 5.17. The van der Waals surface area contributed by atoms with Gasteiger partial charge in [0.2, 0.25) is 5.91 Å². The number of aliphatic hydroxyl groups excluding tert-OH is 1. The highest BCUT2D eigenvalue weighted by molar-refractivity contribution is 5.81. The number of amides is 1. The van der Waals surface area contributed by atoms with Crippen LogP contribution < -0.4 is 5.32 Å². The number of rotatable bonds is 4.